The summed E-state index contributed by atoms with van der Waals surface area (Å²) in [4.78, 5) is 0. The fourth-order valence-corrected chi connectivity index (χ4v) is 5.58. The standard InChI is InChI=1S/C44H40N4O4/c1-5-13-37(14-6-1)33-47(39-17-9-3-10-18-39)45-31-35-21-25-41(26-22-35)51-43-44(50-30-29-49-43)52-42-27-23-36(24-28-42)32-46-48(40-19-11-4-12-20-40)34-38-15-7-2-8-16-38/h1-28,31-32,43-44H,29-30,33-34H2/b45-31-,46-32-/t43-,44-/m0/s1. The third kappa shape index (κ3) is 9.72. The fourth-order valence-electron chi connectivity index (χ4n) is 5.58. The van der Waals surface area contributed by atoms with Crippen molar-refractivity contribution in [3.05, 3.63) is 192 Å². The Bertz CT molecular complexity index is 1850. The molecule has 8 nitrogen and oxygen atoms in total. The molecule has 1 heterocycles. The number of benzene rings is 6. The lowest BCUT2D eigenvalue weighted by atomic mass is 10.2. The maximum Gasteiger partial charge on any atom is 0.263 e. The van der Waals surface area contributed by atoms with E-state index in [1.54, 1.807) is 0 Å². The highest BCUT2D eigenvalue weighted by Crippen LogP contribution is 2.23. The number of nitrogens with zero attached hydrogens (tertiary/aromatic N) is 4. The van der Waals surface area contributed by atoms with E-state index in [-0.39, 0.29) is 0 Å². The van der Waals surface area contributed by atoms with Gasteiger partial charge < -0.3 is 18.9 Å². The van der Waals surface area contributed by atoms with E-state index in [4.69, 9.17) is 29.2 Å². The maximum absolute atomic E-state index is 6.19. The lowest BCUT2D eigenvalue weighted by Gasteiger charge is -2.31. The van der Waals surface area contributed by atoms with Crippen molar-refractivity contribution in [1.29, 1.82) is 0 Å². The molecule has 0 bridgehead atoms. The van der Waals surface area contributed by atoms with Gasteiger partial charge in [-0.15, -0.1) is 0 Å². The summed E-state index contributed by atoms with van der Waals surface area (Å²) in [5.41, 5.74) is 6.25. The van der Waals surface area contributed by atoms with Crippen LogP contribution in [0.1, 0.15) is 22.3 Å². The molecule has 0 saturated carbocycles. The van der Waals surface area contributed by atoms with Crippen LogP contribution in [-0.4, -0.2) is 38.2 Å². The normalized spacial score (nSPS) is 15.8. The van der Waals surface area contributed by atoms with Crippen LogP contribution < -0.4 is 19.5 Å². The molecule has 6 aromatic carbocycles. The van der Waals surface area contributed by atoms with Crippen LogP contribution in [0, 0.1) is 0 Å². The van der Waals surface area contributed by atoms with Crippen LogP contribution in [0.4, 0.5) is 11.4 Å². The van der Waals surface area contributed by atoms with Crippen LogP contribution in [0.3, 0.4) is 0 Å². The number of para-hydroxylation sites is 2. The highest BCUT2D eigenvalue weighted by molar-refractivity contribution is 5.81. The van der Waals surface area contributed by atoms with Gasteiger partial charge in [-0.25, -0.2) is 0 Å². The predicted molar refractivity (Wildman–Crippen MR) is 207 cm³/mol. The van der Waals surface area contributed by atoms with Crippen molar-refractivity contribution in [2.75, 3.05) is 23.2 Å². The number of anilines is 2. The Labute approximate surface area is 304 Å². The third-order valence-electron chi connectivity index (χ3n) is 8.29. The first-order chi connectivity index (χ1) is 25.7. The lowest BCUT2D eigenvalue weighted by Crippen LogP contribution is -2.45. The molecule has 0 amide bonds. The first kappa shape index (κ1) is 34.2. The van der Waals surface area contributed by atoms with Crippen molar-refractivity contribution in [2.45, 2.75) is 25.7 Å². The van der Waals surface area contributed by atoms with E-state index in [9.17, 15) is 0 Å². The van der Waals surface area contributed by atoms with Crippen LogP contribution in [0.25, 0.3) is 0 Å². The highest BCUT2D eigenvalue weighted by Gasteiger charge is 2.31. The summed E-state index contributed by atoms with van der Waals surface area (Å²) < 4.78 is 24.2. The van der Waals surface area contributed by atoms with Crippen LogP contribution in [0.2, 0.25) is 0 Å². The largest absolute Gasteiger partial charge is 0.458 e. The number of ether oxygens (including phenoxy) is 4. The molecule has 8 heteroatoms. The van der Waals surface area contributed by atoms with Gasteiger partial charge in [0.2, 0.25) is 0 Å². The molecule has 6 aromatic rings. The topological polar surface area (TPSA) is 68.1 Å². The molecule has 1 fully saturated rings. The van der Waals surface area contributed by atoms with Gasteiger partial charge in [0.25, 0.3) is 12.6 Å². The molecule has 1 aliphatic rings. The molecule has 0 radical (unpaired) electrons. The van der Waals surface area contributed by atoms with Crippen molar-refractivity contribution < 1.29 is 18.9 Å². The molecule has 0 unspecified atom stereocenters. The summed E-state index contributed by atoms with van der Waals surface area (Å²) in [6, 6.07) is 56.3. The van der Waals surface area contributed by atoms with Gasteiger partial charge >= 0.3 is 0 Å². The average molecular weight is 689 g/mol. The van der Waals surface area contributed by atoms with E-state index >= 15 is 0 Å². The summed E-state index contributed by atoms with van der Waals surface area (Å²) in [6.45, 7) is 2.12. The summed E-state index contributed by atoms with van der Waals surface area (Å²) >= 11 is 0. The van der Waals surface area contributed by atoms with Crippen molar-refractivity contribution in [2.24, 2.45) is 10.2 Å². The van der Waals surface area contributed by atoms with E-state index in [0.717, 1.165) is 22.5 Å². The zero-order chi connectivity index (χ0) is 35.2. The van der Waals surface area contributed by atoms with Crippen molar-refractivity contribution in [1.82, 2.24) is 0 Å². The molecule has 7 rings (SSSR count). The Morgan fingerprint density at radius 2 is 0.808 bits per heavy atom. The average Bonchev–Trinajstić information content (AvgIpc) is 3.21. The van der Waals surface area contributed by atoms with Gasteiger partial charge in [0.05, 0.1) is 50.1 Å². The lowest BCUT2D eigenvalue weighted by molar-refractivity contribution is -0.271. The van der Waals surface area contributed by atoms with Gasteiger partial charge in [-0.05, 0) is 95.1 Å². The summed E-state index contributed by atoms with van der Waals surface area (Å²) in [5, 5.41) is 13.6. The van der Waals surface area contributed by atoms with Gasteiger partial charge in [0.15, 0.2) is 0 Å². The molecular weight excluding hydrogens is 649 g/mol. The second-order valence-corrected chi connectivity index (χ2v) is 12.1. The van der Waals surface area contributed by atoms with Crippen LogP contribution in [-0.2, 0) is 22.6 Å². The Balaban J connectivity index is 0.967. The second kappa shape index (κ2) is 17.6. The predicted octanol–water partition coefficient (Wildman–Crippen LogP) is 8.92. The highest BCUT2D eigenvalue weighted by atomic mass is 16.8. The van der Waals surface area contributed by atoms with Crippen LogP contribution in [0.15, 0.2) is 180 Å². The summed E-state index contributed by atoms with van der Waals surface area (Å²) in [5.74, 6) is 1.27. The molecule has 2 atom stereocenters. The third-order valence-corrected chi connectivity index (χ3v) is 8.29. The van der Waals surface area contributed by atoms with Gasteiger partial charge in [-0.2, -0.15) is 10.2 Å². The minimum atomic E-state index is -0.744. The minimum absolute atomic E-state index is 0.405. The summed E-state index contributed by atoms with van der Waals surface area (Å²) in [7, 11) is 0. The van der Waals surface area contributed by atoms with E-state index in [0.29, 0.717) is 37.8 Å². The van der Waals surface area contributed by atoms with E-state index < -0.39 is 12.6 Å². The Hall–Kier alpha value is -6.22. The molecular formula is C44H40N4O4. The molecule has 1 aliphatic heterocycles. The van der Waals surface area contributed by atoms with Crippen LogP contribution in [0.5, 0.6) is 11.5 Å². The van der Waals surface area contributed by atoms with E-state index in [2.05, 4.69) is 48.5 Å². The van der Waals surface area contributed by atoms with Crippen molar-refractivity contribution in [3.63, 3.8) is 0 Å². The smallest absolute Gasteiger partial charge is 0.263 e. The molecule has 0 spiro atoms. The summed E-state index contributed by atoms with van der Waals surface area (Å²) in [6.07, 6.45) is 2.21. The van der Waals surface area contributed by atoms with E-state index in [1.807, 2.05) is 144 Å². The molecule has 260 valence electrons. The van der Waals surface area contributed by atoms with Gasteiger partial charge in [-0.1, -0.05) is 97.1 Å². The molecule has 1 saturated heterocycles. The molecule has 0 N–H and O–H groups in total. The van der Waals surface area contributed by atoms with Crippen molar-refractivity contribution in [3.8, 4) is 11.5 Å². The quantitative estimate of drug-likeness (QED) is 0.0841. The first-order valence-electron chi connectivity index (χ1n) is 17.3. The minimum Gasteiger partial charge on any atom is -0.458 e. The van der Waals surface area contributed by atoms with E-state index in [1.165, 1.54) is 11.1 Å². The Morgan fingerprint density at radius 1 is 0.462 bits per heavy atom. The molecule has 0 aromatic heterocycles. The zero-order valence-corrected chi connectivity index (χ0v) is 28.7. The molecule has 52 heavy (non-hydrogen) atoms. The number of hydrazone groups is 2. The van der Waals surface area contributed by atoms with Gasteiger partial charge in [0.1, 0.15) is 11.5 Å². The number of hydrogen-bond donors (Lipinski definition) is 0. The maximum atomic E-state index is 6.19. The Morgan fingerprint density at radius 3 is 1.17 bits per heavy atom. The molecule has 0 aliphatic carbocycles. The van der Waals surface area contributed by atoms with Gasteiger partial charge in [-0.3, -0.25) is 10.0 Å². The van der Waals surface area contributed by atoms with Crippen LogP contribution >= 0.6 is 0 Å². The zero-order valence-electron chi connectivity index (χ0n) is 28.7. The second-order valence-electron chi connectivity index (χ2n) is 12.1. The van der Waals surface area contributed by atoms with Crippen molar-refractivity contribution >= 4 is 23.8 Å². The monoisotopic (exact) mass is 688 g/mol. The SMILES string of the molecule is C(=N/N(Cc1ccccc1)c1ccccc1)/c1ccc(O[C@@H]2OCCO[C@H]2Oc2ccc(/C=N\N(Cc3ccccc3)c3ccccc3)cc2)cc1. The van der Waals surface area contributed by atoms with Gasteiger partial charge in [0, 0.05) is 0 Å². The fraction of sp³-hybridized carbons (Fsp3) is 0.136. The Kier molecular flexibility index (Phi) is 11.6. The number of hydrogen-bond acceptors (Lipinski definition) is 8. The number of rotatable bonds is 14. The first-order valence-corrected chi connectivity index (χ1v) is 17.3.